The van der Waals surface area contributed by atoms with Gasteiger partial charge in [-0.3, -0.25) is 24.5 Å². The summed E-state index contributed by atoms with van der Waals surface area (Å²) < 4.78 is 0. The number of aromatic nitrogens is 3. The van der Waals surface area contributed by atoms with E-state index in [1.807, 2.05) is 84.9 Å². The smallest absolute Gasteiger partial charge is 0.249 e. The number of fused-ring (bicyclic) bond motifs is 1. The highest BCUT2D eigenvalue weighted by molar-refractivity contribution is 5.98. The Morgan fingerprint density at radius 3 is 1.78 bits per heavy atom. The molecule has 0 radical (unpaired) electrons. The predicted molar refractivity (Wildman–Crippen MR) is 190 cm³/mol. The Labute approximate surface area is 289 Å². The largest absolute Gasteiger partial charge is 0.330 e. The Morgan fingerprint density at radius 2 is 1.20 bits per heavy atom. The van der Waals surface area contributed by atoms with Crippen LogP contribution in [0.15, 0.2) is 103 Å². The Hall–Kier alpha value is -5.97. The van der Waals surface area contributed by atoms with Gasteiger partial charge in [0.25, 0.3) is 0 Å². The van der Waals surface area contributed by atoms with Crippen LogP contribution in [0.2, 0.25) is 0 Å². The van der Waals surface area contributed by atoms with Gasteiger partial charge in [0.05, 0.1) is 18.4 Å². The number of pyridine rings is 1. The summed E-state index contributed by atoms with van der Waals surface area (Å²) in [5.41, 5.74) is 4.15. The number of nitrogens with one attached hydrogen (secondary N) is 2. The van der Waals surface area contributed by atoms with Crippen LogP contribution in [0.5, 0.6) is 0 Å². The van der Waals surface area contributed by atoms with E-state index in [0.29, 0.717) is 37.3 Å². The van der Waals surface area contributed by atoms with Gasteiger partial charge in [0.2, 0.25) is 29.6 Å². The van der Waals surface area contributed by atoms with Gasteiger partial charge in [-0.2, -0.15) is 0 Å². The molecule has 2 fully saturated rings. The van der Waals surface area contributed by atoms with Crippen LogP contribution in [0, 0.1) is 0 Å². The van der Waals surface area contributed by atoms with Gasteiger partial charge in [0.15, 0.2) is 0 Å². The van der Waals surface area contributed by atoms with Crippen molar-refractivity contribution in [2.24, 2.45) is 0 Å². The number of likely N-dealkylation sites (tertiary alicyclic amines) is 2. The summed E-state index contributed by atoms with van der Waals surface area (Å²) in [6.45, 7) is 1.10. The summed E-state index contributed by atoms with van der Waals surface area (Å²) >= 11 is 0. The summed E-state index contributed by atoms with van der Waals surface area (Å²) in [6, 6.07) is 27.3. The summed E-state index contributed by atoms with van der Waals surface area (Å²) in [5, 5.41) is 6.55. The van der Waals surface area contributed by atoms with Gasteiger partial charge < -0.3 is 15.1 Å². The lowest BCUT2D eigenvalue weighted by molar-refractivity contribution is -0.136. The maximum absolute atomic E-state index is 13.2. The zero-order valence-electron chi connectivity index (χ0n) is 27.5. The van der Waals surface area contributed by atoms with Crippen molar-refractivity contribution < 1.29 is 19.2 Å². The monoisotopic (exact) mass is 667 g/mol. The molecule has 7 rings (SSSR count). The Kier molecular flexibility index (Phi) is 9.54. The van der Waals surface area contributed by atoms with Gasteiger partial charge >= 0.3 is 0 Å². The number of rotatable bonds is 9. The van der Waals surface area contributed by atoms with Gasteiger partial charge in [0.1, 0.15) is 17.9 Å². The van der Waals surface area contributed by atoms with E-state index in [1.165, 1.54) is 0 Å². The lowest BCUT2D eigenvalue weighted by Crippen LogP contribution is -2.44. The third-order valence-corrected chi connectivity index (χ3v) is 9.31. The quantitative estimate of drug-likeness (QED) is 0.225. The molecule has 0 saturated carbocycles. The Morgan fingerprint density at radius 1 is 0.640 bits per heavy atom. The topological polar surface area (TPSA) is 137 Å². The number of nitrogens with zero attached hydrogens (tertiary/aromatic N) is 5. The lowest BCUT2D eigenvalue weighted by Gasteiger charge is -2.24. The van der Waals surface area contributed by atoms with Gasteiger partial charge in [-0.25, -0.2) is 15.0 Å². The van der Waals surface area contributed by atoms with E-state index in [4.69, 9.17) is 0 Å². The van der Waals surface area contributed by atoms with Crippen molar-refractivity contribution in [1.29, 1.82) is 0 Å². The maximum atomic E-state index is 13.2. The minimum atomic E-state index is -0.559. The van der Waals surface area contributed by atoms with Crippen LogP contribution in [-0.2, 0) is 32.0 Å². The van der Waals surface area contributed by atoms with Crippen LogP contribution in [-0.4, -0.2) is 73.6 Å². The second-order valence-electron chi connectivity index (χ2n) is 12.7. The molecule has 11 nitrogen and oxygen atoms in total. The summed E-state index contributed by atoms with van der Waals surface area (Å²) in [6.07, 6.45) is 6.55. The summed E-state index contributed by atoms with van der Waals surface area (Å²) in [7, 11) is 0. The van der Waals surface area contributed by atoms with Crippen molar-refractivity contribution in [3.05, 3.63) is 115 Å². The standard InChI is InChI=1S/C39H37N7O4/c47-35(21-26-9-3-1-4-10-26)45-19-7-13-32(45)37(49)43-34-18-16-29-23-28(15-17-31(29)42-34)30-24-40-39(41-25-30)44-38(50)33-14-8-20-46(33)36(48)22-27-11-5-2-6-12-27/h1-6,9-12,15-18,23-25,32-33H,7-8,13-14,19-22H2,(H,42,43,49)(H,40,41,44,50). The molecule has 50 heavy (non-hydrogen) atoms. The minimum Gasteiger partial charge on any atom is -0.330 e. The van der Waals surface area contributed by atoms with E-state index in [-0.39, 0.29) is 42.4 Å². The normalized spacial score (nSPS) is 17.1. The van der Waals surface area contributed by atoms with Crippen LogP contribution >= 0.6 is 0 Å². The van der Waals surface area contributed by atoms with Gasteiger partial charge in [-0.1, -0.05) is 66.7 Å². The average molecular weight is 668 g/mol. The van der Waals surface area contributed by atoms with Crippen LogP contribution in [0.4, 0.5) is 11.8 Å². The second kappa shape index (κ2) is 14.7. The highest BCUT2D eigenvalue weighted by Crippen LogP contribution is 2.26. The molecule has 5 aromatic rings. The van der Waals surface area contributed by atoms with E-state index in [9.17, 15) is 19.2 Å². The predicted octanol–water partition coefficient (Wildman–Crippen LogP) is 5.04. The highest BCUT2D eigenvalue weighted by atomic mass is 16.2. The highest BCUT2D eigenvalue weighted by Gasteiger charge is 2.35. The molecule has 252 valence electrons. The number of anilines is 2. The molecular weight excluding hydrogens is 630 g/mol. The zero-order valence-corrected chi connectivity index (χ0v) is 27.5. The van der Waals surface area contributed by atoms with Crippen molar-refractivity contribution in [1.82, 2.24) is 24.8 Å². The number of carbonyl (C=O) groups is 4. The fourth-order valence-electron chi connectivity index (χ4n) is 6.74. The molecule has 0 spiro atoms. The number of benzene rings is 3. The molecular formula is C39H37N7O4. The number of hydrogen-bond donors (Lipinski definition) is 2. The van der Waals surface area contributed by atoms with E-state index in [0.717, 1.165) is 40.5 Å². The van der Waals surface area contributed by atoms with E-state index < -0.39 is 12.1 Å². The molecule has 2 aromatic heterocycles. The van der Waals surface area contributed by atoms with Crippen molar-refractivity contribution in [3.8, 4) is 11.1 Å². The fourth-order valence-corrected chi connectivity index (χ4v) is 6.74. The molecule has 2 unspecified atom stereocenters. The molecule has 4 heterocycles. The Balaban J connectivity index is 0.961. The van der Waals surface area contributed by atoms with Crippen LogP contribution in [0.3, 0.4) is 0 Å². The van der Waals surface area contributed by atoms with E-state index in [1.54, 1.807) is 28.3 Å². The first-order chi connectivity index (χ1) is 24.4. The first-order valence-corrected chi connectivity index (χ1v) is 16.9. The molecule has 0 bridgehead atoms. The summed E-state index contributed by atoms with van der Waals surface area (Å²) in [5.74, 6) is -0.0716. The van der Waals surface area contributed by atoms with Gasteiger partial charge in [0, 0.05) is 36.4 Å². The van der Waals surface area contributed by atoms with Crippen molar-refractivity contribution in [2.75, 3.05) is 23.7 Å². The molecule has 2 N–H and O–H groups in total. The number of amides is 4. The minimum absolute atomic E-state index is 0.0567. The van der Waals surface area contributed by atoms with Crippen molar-refractivity contribution >= 4 is 46.3 Å². The fraction of sp³-hybridized carbons (Fsp3) is 0.256. The van der Waals surface area contributed by atoms with Crippen LogP contribution in [0.25, 0.3) is 22.0 Å². The van der Waals surface area contributed by atoms with Crippen LogP contribution in [0.1, 0.15) is 36.8 Å². The maximum Gasteiger partial charge on any atom is 0.249 e. The molecule has 2 aliphatic rings. The van der Waals surface area contributed by atoms with Crippen LogP contribution < -0.4 is 10.6 Å². The zero-order chi connectivity index (χ0) is 34.5. The first-order valence-electron chi connectivity index (χ1n) is 16.9. The molecule has 2 aliphatic heterocycles. The van der Waals surface area contributed by atoms with Gasteiger partial charge in [-0.15, -0.1) is 0 Å². The number of carbonyl (C=O) groups excluding carboxylic acids is 4. The molecule has 0 aliphatic carbocycles. The molecule has 2 atom stereocenters. The SMILES string of the molecule is O=C(Nc1ccc2cc(-c3cnc(NC(=O)C4CCCN4C(=O)Cc4ccccc4)nc3)ccc2n1)C1CCCN1C(=O)Cc1ccccc1. The second-order valence-corrected chi connectivity index (χ2v) is 12.7. The average Bonchev–Trinajstić information content (AvgIpc) is 3.84. The molecule has 2 saturated heterocycles. The molecule has 3 aromatic carbocycles. The summed E-state index contributed by atoms with van der Waals surface area (Å²) in [4.78, 5) is 69.0. The lowest BCUT2D eigenvalue weighted by atomic mass is 10.1. The Bertz CT molecular complexity index is 2020. The van der Waals surface area contributed by atoms with Crippen molar-refractivity contribution in [2.45, 2.75) is 50.6 Å². The third kappa shape index (κ3) is 7.36. The van der Waals surface area contributed by atoms with Gasteiger partial charge in [-0.05, 0) is 66.6 Å². The van der Waals surface area contributed by atoms with Crippen molar-refractivity contribution in [3.63, 3.8) is 0 Å². The van der Waals surface area contributed by atoms with E-state index in [2.05, 4.69) is 25.6 Å². The molecule has 4 amide bonds. The number of hydrogen-bond acceptors (Lipinski definition) is 7. The first kappa shape index (κ1) is 32.6. The molecule has 11 heteroatoms. The third-order valence-electron chi connectivity index (χ3n) is 9.31. The van der Waals surface area contributed by atoms with E-state index >= 15 is 0 Å².